The number of methoxy groups -OCH3 is 1. The fourth-order valence-corrected chi connectivity index (χ4v) is 2.77. The van der Waals surface area contributed by atoms with Gasteiger partial charge in [-0.25, -0.2) is 4.79 Å². The molecule has 29 heavy (non-hydrogen) atoms. The lowest BCUT2D eigenvalue weighted by molar-refractivity contribution is -0.119. The molecule has 9 nitrogen and oxygen atoms in total. The predicted octanol–water partition coefficient (Wildman–Crippen LogP) is 2.32. The molecule has 4 N–H and O–H groups in total. The van der Waals surface area contributed by atoms with Crippen molar-refractivity contribution < 1.29 is 28.6 Å². The van der Waals surface area contributed by atoms with Gasteiger partial charge in [0.05, 0.1) is 18.8 Å². The Bertz CT molecular complexity index is 933. The Morgan fingerprint density at radius 1 is 1.17 bits per heavy atom. The van der Waals surface area contributed by atoms with Gasteiger partial charge in [0.1, 0.15) is 5.69 Å². The maximum Gasteiger partial charge on any atom is 0.340 e. The first kappa shape index (κ1) is 21.8. The van der Waals surface area contributed by atoms with Gasteiger partial charge in [-0.05, 0) is 45.4 Å². The van der Waals surface area contributed by atoms with E-state index < -0.39 is 17.8 Å². The number of ether oxygens (including phenoxy) is 3. The van der Waals surface area contributed by atoms with E-state index in [1.807, 2.05) is 0 Å². The van der Waals surface area contributed by atoms with Crippen molar-refractivity contribution in [2.24, 2.45) is 5.73 Å². The molecule has 2 amide bonds. The zero-order valence-electron chi connectivity index (χ0n) is 17.0. The molecule has 0 fully saturated rings. The third kappa shape index (κ3) is 5.28. The van der Waals surface area contributed by atoms with Crippen LogP contribution in [0.5, 0.6) is 11.5 Å². The second kappa shape index (κ2) is 9.13. The first-order valence-corrected chi connectivity index (χ1v) is 8.94. The number of aromatic amines is 1. The van der Waals surface area contributed by atoms with Gasteiger partial charge in [-0.2, -0.15) is 0 Å². The molecule has 0 bridgehead atoms. The number of aryl methyl sites for hydroxylation is 1. The molecule has 0 radical (unpaired) electrons. The summed E-state index contributed by atoms with van der Waals surface area (Å²) in [7, 11) is 1.45. The number of H-pyrrole nitrogens is 1. The van der Waals surface area contributed by atoms with Gasteiger partial charge in [0.2, 0.25) is 0 Å². The monoisotopic (exact) mass is 403 g/mol. The summed E-state index contributed by atoms with van der Waals surface area (Å²) in [6.07, 6.45) is -0.272. The summed E-state index contributed by atoms with van der Waals surface area (Å²) in [5, 5.41) is 2.72. The number of carbonyl (C=O) groups excluding carboxylic acids is 3. The topological polar surface area (TPSA) is 133 Å². The average molecular weight is 403 g/mol. The molecule has 0 aliphatic carbocycles. The van der Waals surface area contributed by atoms with Crippen LogP contribution in [0.1, 0.15) is 46.0 Å². The highest BCUT2D eigenvalue weighted by atomic mass is 16.5. The highest BCUT2D eigenvalue weighted by Gasteiger charge is 2.24. The molecule has 156 valence electrons. The lowest BCUT2D eigenvalue weighted by Gasteiger charge is -2.12. The quantitative estimate of drug-likeness (QED) is 0.580. The Morgan fingerprint density at radius 2 is 1.86 bits per heavy atom. The minimum Gasteiger partial charge on any atom is -0.493 e. The van der Waals surface area contributed by atoms with Crippen LogP contribution in [0.15, 0.2) is 18.2 Å². The number of anilines is 1. The first-order valence-electron chi connectivity index (χ1n) is 8.94. The highest BCUT2D eigenvalue weighted by Crippen LogP contribution is 2.30. The number of primary amides is 1. The van der Waals surface area contributed by atoms with Crippen LogP contribution in [0, 0.1) is 13.8 Å². The van der Waals surface area contributed by atoms with Crippen LogP contribution in [-0.2, 0) is 9.53 Å². The van der Waals surface area contributed by atoms with Crippen LogP contribution < -0.4 is 20.5 Å². The minimum atomic E-state index is -0.639. The van der Waals surface area contributed by atoms with Gasteiger partial charge in [-0.1, -0.05) is 0 Å². The average Bonchev–Trinajstić information content (AvgIpc) is 2.94. The maximum absolute atomic E-state index is 12.7. The maximum atomic E-state index is 12.7. The molecule has 2 rings (SSSR count). The summed E-state index contributed by atoms with van der Waals surface area (Å²) in [5.41, 5.74) is 7.12. The molecule has 1 heterocycles. The van der Waals surface area contributed by atoms with E-state index in [0.717, 1.165) is 0 Å². The van der Waals surface area contributed by atoms with Crippen molar-refractivity contribution >= 4 is 23.5 Å². The Balaban J connectivity index is 2.25. The van der Waals surface area contributed by atoms with Crippen molar-refractivity contribution in [3.63, 3.8) is 0 Å². The number of rotatable bonds is 8. The fourth-order valence-electron chi connectivity index (χ4n) is 2.77. The van der Waals surface area contributed by atoms with Gasteiger partial charge >= 0.3 is 5.97 Å². The van der Waals surface area contributed by atoms with E-state index in [9.17, 15) is 14.4 Å². The number of hydrogen-bond donors (Lipinski definition) is 3. The third-order valence-corrected chi connectivity index (χ3v) is 4.00. The highest BCUT2D eigenvalue weighted by molar-refractivity contribution is 6.07. The minimum absolute atomic E-state index is 0.244. The Hall–Kier alpha value is -3.49. The number of nitrogens with one attached hydrogen (secondary N) is 2. The molecule has 0 aliphatic rings. The van der Waals surface area contributed by atoms with Crippen LogP contribution in [-0.4, -0.2) is 42.6 Å². The summed E-state index contributed by atoms with van der Waals surface area (Å²) in [6.45, 7) is 6.55. The zero-order chi connectivity index (χ0) is 21.7. The standard InChI is InChI=1S/C20H25N3O6/c1-10(2)29-20(26)17-11(3)18(22-12(17)4)19(25)23-13-6-7-14(27-5)15(8-13)28-9-16(21)24/h6-8,10,22H,9H2,1-5H3,(H2,21,24)(H,23,25). The molecule has 0 atom stereocenters. The van der Waals surface area contributed by atoms with Crippen molar-refractivity contribution in [1.29, 1.82) is 0 Å². The normalized spacial score (nSPS) is 10.6. The summed E-state index contributed by atoms with van der Waals surface area (Å²) in [6, 6.07) is 4.72. The number of carbonyl (C=O) groups is 3. The molecular weight excluding hydrogens is 378 g/mol. The Labute approximate surface area is 168 Å². The van der Waals surface area contributed by atoms with Crippen LogP contribution in [0.3, 0.4) is 0 Å². The van der Waals surface area contributed by atoms with E-state index >= 15 is 0 Å². The summed E-state index contributed by atoms with van der Waals surface area (Å²) >= 11 is 0. The SMILES string of the molecule is COc1ccc(NC(=O)c2[nH]c(C)c(C(=O)OC(C)C)c2C)cc1OCC(N)=O. The number of benzene rings is 1. The molecule has 0 aliphatic heterocycles. The van der Waals surface area contributed by atoms with Gasteiger partial charge < -0.3 is 30.2 Å². The molecule has 2 aromatic rings. The van der Waals surface area contributed by atoms with Crippen molar-refractivity contribution in [3.8, 4) is 11.5 Å². The second-order valence-electron chi connectivity index (χ2n) is 6.65. The number of esters is 1. The van der Waals surface area contributed by atoms with Crippen LogP contribution in [0.4, 0.5) is 5.69 Å². The molecular formula is C20H25N3O6. The first-order chi connectivity index (χ1) is 13.6. The summed E-state index contributed by atoms with van der Waals surface area (Å²) < 4.78 is 15.7. The number of hydrogen-bond acceptors (Lipinski definition) is 6. The van der Waals surface area contributed by atoms with Gasteiger partial charge in [0, 0.05) is 17.4 Å². The molecule has 0 unspecified atom stereocenters. The van der Waals surface area contributed by atoms with Crippen molar-refractivity contribution in [2.45, 2.75) is 33.8 Å². The predicted molar refractivity (Wildman–Crippen MR) is 106 cm³/mol. The van der Waals surface area contributed by atoms with Crippen molar-refractivity contribution in [3.05, 3.63) is 40.7 Å². The van der Waals surface area contributed by atoms with Crippen molar-refractivity contribution in [1.82, 2.24) is 4.98 Å². The molecule has 0 saturated heterocycles. The van der Waals surface area contributed by atoms with Crippen molar-refractivity contribution in [2.75, 3.05) is 19.0 Å². The van der Waals surface area contributed by atoms with Crippen LogP contribution in [0.2, 0.25) is 0 Å². The smallest absolute Gasteiger partial charge is 0.340 e. The van der Waals surface area contributed by atoms with Gasteiger partial charge in [-0.15, -0.1) is 0 Å². The Morgan fingerprint density at radius 3 is 2.45 bits per heavy atom. The lowest BCUT2D eigenvalue weighted by atomic mass is 10.1. The molecule has 0 saturated carbocycles. The van der Waals surface area contributed by atoms with Gasteiger partial charge in [-0.3, -0.25) is 9.59 Å². The van der Waals surface area contributed by atoms with Gasteiger partial charge in [0.25, 0.3) is 11.8 Å². The fraction of sp³-hybridized carbons (Fsp3) is 0.350. The second-order valence-corrected chi connectivity index (χ2v) is 6.65. The molecule has 9 heteroatoms. The molecule has 1 aromatic heterocycles. The number of aromatic nitrogens is 1. The Kier molecular flexibility index (Phi) is 6.87. The number of amides is 2. The molecule has 0 spiro atoms. The van der Waals surface area contributed by atoms with E-state index in [1.54, 1.807) is 39.8 Å². The molecule has 1 aromatic carbocycles. The van der Waals surface area contributed by atoms with E-state index in [1.165, 1.54) is 13.2 Å². The van der Waals surface area contributed by atoms with E-state index in [4.69, 9.17) is 19.9 Å². The van der Waals surface area contributed by atoms with E-state index in [-0.39, 0.29) is 24.2 Å². The third-order valence-electron chi connectivity index (χ3n) is 4.00. The van der Waals surface area contributed by atoms with Gasteiger partial charge in [0.15, 0.2) is 18.1 Å². The van der Waals surface area contributed by atoms with E-state index in [2.05, 4.69) is 10.3 Å². The largest absolute Gasteiger partial charge is 0.493 e. The zero-order valence-corrected chi connectivity index (χ0v) is 17.0. The van der Waals surface area contributed by atoms with Crippen LogP contribution >= 0.6 is 0 Å². The lowest BCUT2D eigenvalue weighted by Crippen LogP contribution is -2.20. The number of nitrogens with two attached hydrogens (primary N) is 1. The van der Waals surface area contributed by atoms with Crippen LogP contribution in [0.25, 0.3) is 0 Å². The van der Waals surface area contributed by atoms with E-state index in [0.29, 0.717) is 28.3 Å². The summed E-state index contributed by atoms with van der Waals surface area (Å²) in [5.74, 6) is -0.934. The summed E-state index contributed by atoms with van der Waals surface area (Å²) in [4.78, 5) is 38.9.